The molecule has 7 nitrogen and oxygen atoms in total. The second kappa shape index (κ2) is 9.38. The fraction of sp³-hybridized carbons (Fsp3) is 0.400. The molecule has 1 atom stereocenters. The first-order valence-corrected chi connectivity index (χ1v) is 10.7. The van der Waals surface area contributed by atoms with Crippen LogP contribution in [0.1, 0.15) is 12.0 Å². The Hall–Kier alpha value is -2.13. The van der Waals surface area contributed by atoms with Gasteiger partial charge in [0.1, 0.15) is 18.1 Å². The van der Waals surface area contributed by atoms with Crippen LogP contribution in [0.15, 0.2) is 53.4 Å². The summed E-state index contributed by atoms with van der Waals surface area (Å²) >= 11 is 0. The van der Waals surface area contributed by atoms with Gasteiger partial charge in [0.15, 0.2) is 0 Å². The molecule has 0 unspecified atom stereocenters. The summed E-state index contributed by atoms with van der Waals surface area (Å²) in [5.41, 5.74) is 1.13. The first-order chi connectivity index (χ1) is 13.5. The first kappa shape index (κ1) is 20.6. The van der Waals surface area contributed by atoms with E-state index in [2.05, 4.69) is 9.62 Å². The predicted octanol–water partition coefficient (Wildman–Crippen LogP) is 1.62. The lowest BCUT2D eigenvalue weighted by Gasteiger charge is -2.17. The standard InChI is InChI=1S/C20H26N2O5S/c1-26-18-6-8-20(9-7-18)28(24,25)21-17-10-11-22(15-17)14-16-2-4-19(5-3-16)27-13-12-23/h2-9,17,21,23H,10-15H2,1H3/t17-/m0/s1. The van der Waals surface area contributed by atoms with Crippen LogP contribution in [0.25, 0.3) is 0 Å². The summed E-state index contributed by atoms with van der Waals surface area (Å²) in [4.78, 5) is 2.47. The van der Waals surface area contributed by atoms with Crippen molar-refractivity contribution in [2.24, 2.45) is 0 Å². The minimum atomic E-state index is -3.55. The van der Waals surface area contributed by atoms with Crippen molar-refractivity contribution in [2.75, 3.05) is 33.4 Å². The van der Waals surface area contributed by atoms with Crippen molar-refractivity contribution < 1.29 is 23.0 Å². The lowest BCUT2D eigenvalue weighted by Crippen LogP contribution is -2.36. The predicted molar refractivity (Wildman–Crippen MR) is 106 cm³/mol. The highest BCUT2D eigenvalue weighted by Gasteiger charge is 2.27. The van der Waals surface area contributed by atoms with Gasteiger partial charge in [-0.25, -0.2) is 13.1 Å². The zero-order valence-corrected chi connectivity index (χ0v) is 16.7. The zero-order chi connectivity index (χ0) is 20.0. The lowest BCUT2D eigenvalue weighted by molar-refractivity contribution is 0.201. The van der Waals surface area contributed by atoms with E-state index in [1.165, 1.54) is 0 Å². The van der Waals surface area contributed by atoms with E-state index in [1.807, 2.05) is 24.3 Å². The maximum atomic E-state index is 12.6. The third kappa shape index (κ3) is 5.45. The summed E-state index contributed by atoms with van der Waals surface area (Å²) in [6.07, 6.45) is 0.771. The molecule has 0 saturated carbocycles. The van der Waals surface area contributed by atoms with Gasteiger partial charge in [-0.1, -0.05) is 12.1 Å². The van der Waals surface area contributed by atoms with E-state index in [4.69, 9.17) is 14.6 Å². The molecule has 1 fully saturated rings. The van der Waals surface area contributed by atoms with Gasteiger partial charge in [0.25, 0.3) is 0 Å². The molecule has 2 aromatic rings. The first-order valence-electron chi connectivity index (χ1n) is 9.21. The van der Waals surface area contributed by atoms with Gasteiger partial charge in [0, 0.05) is 25.7 Å². The molecule has 0 bridgehead atoms. The van der Waals surface area contributed by atoms with Crippen molar-refractivity contribution >= 4 is 10.0 Å². The van der Waals surface area contributed by atoms with Crippen LogP contribution >= 0.6 is 0 Å². The highest BCUT2D eigenvalue weighted by Crippen LogP contribution is 2.20. The molecule has 1 saturated heterocycles. The van der Waals surface area contributed by atoms with Crippen LogP contribution in [-0.2, 0) is 16.6 Å². The maximum absolute atomic E-state index is 12.6. The highest BCUT2D eigenvalue weighted by atomic mass is 32.2. The monoisotopic (exact) mass is 406 g/mol. The quantitative estimate of drug-likeness (QED) is 0.658. The number of hydrogen-bond acceptors (Lipinski definition) is 6. The molecule has 2 aromatic carbocycles. The van der Waals surface area contributed by atoms with E-state index in [0.29, 0.717) is 12.3 Å². The number of benzene rings is 2. The average Bonchev–Trinajstić information content (AvgIpc) is 3.13. The molecule has 8 heteroatoms. The topological polar surface area (TPSA) is 88.1 Å². The smallest absolute Gasteiger partial charge is 0.240 e. The number of ether oxygens (including phenoxy) is 2. The number of hydrogen-bond donors (Lipinski definition) is 2. The van der Waals surface area contributed by atoms with E-state index >= 15 is 0 Å². The Labute approximate surface area is 165 Å². The number of rotatable bonds is 9. The van der Waals surface area contributed by atoms with Crippen molar-refractivity contribution in [3.8, 4) is 11.5 Å². The van der Waals surface area contributed by atoms with Crippen molar-refractivity contribution in [1.29, 1.82) is 0 Å². The minimum Gasteiger partial charge on any atom is -0.497 e. The van der Waals surface area contributed by atoms with E-state index < -0.39 is 10.0 Å². The van der Waals surface area contributed by atoms with Crippen molar-refractivity contribution in [1.82, 2.24) is 9.62 Å². The Balaban J connectivity index is 1.53. The molecule has 3 rings (SSSR count). The van der Waals surface area contributed by atoms with Crippen LogP contribution in [0.3, 0.4) is 0 Å². The van der Waals surface area contributed by atoms with Gasteiger partial charge in [-0.2, -0.15) is 0 Å². The minimum absolute atomic E-state index is 0.0106. The molecule has 0 amide bonds. The van der Waals surface area contributed by atoms with Gasteiger partial charge < -0.3 is 14.6 Å². The summed E-state index contributed by atoms with van der Waals surface area (Å²) in [5.74, 6) is 1.35. The molecule has 28 heavy (non-hydrogen) atoms. The van der Waals surface area contributed by atoms with Crippen molar-refractivity contribution in [2.45, 2.75) is 23.9 Å². The van der Waals surface area contributed by atoms with Gasteiger partial charge in [-0.15, -0.1) is 0 Å². The van der Waals surface area contributed by atoms with Gasteiger partial charge >= 0.3 is 0 Å². The van der Waals surface area contributed by atoms with Gasteiger partial charge in [0.05, 0.1) is 18.6 Å². The Morgan fingerprint density at radius 3 is 2.43 bits per heavy atom. The van der Waals surface area contributed by atoms with E-state index in [-0.39, 0.29) is 24.2 Å². The van der Waals surface area contributed by atoms with Gasteiger partial charge in [-0.3, -0.25) is 4.90 Å². The molecule has 0 aliphatic carbocycles. The van der Waals surface area contributed by atoms with Crippen LogP contribution < -0.4 is 14.2 Å². The molecule has 0 aromatic heterocycles. The summed E-state index contributed by atoms with van der Waals surface area (Å²) in [6.45, 7) is 2.52. The molecule has 0 spiro atoms. The lowest BCUT2D eigenvalue weighted by atomic mass is 10.2. The summed E-state index contributed by atoms with van der Waals surface area (Å²) in [5, 5.41) is 8.79. The second-order valence-electron chi connectivity index (χ2n) is 6.73. The molecular formula is C20H26N2O5S. The molecule has 152 valence electrons. The highest BCUT2D eigenvalue weighted by molar-refractivity contribution is 7.89. The van der Waals surface area contributed by atoms with Crippen molar-refractivity contribution in [3.05, 3.63) is 54.1 Å². The molecule has 1 aliphatic heterocycles. The van der Waals surface area contributed by atoms with Gasteiger partial charge in [-0.05, 0) is 48.4 Å². The fourth-order valence-electron chi connectivity index (χ4n) is 3.23. The van der Waals surface area contributed by atoms with Crippen LogP contribution in [0.4, 0.5) is 0 Å². The third-order valence-electron chi connectivity index (χ3n) is 4.65. The number of methoxy groups -OCH3 is 1. The Morgan fingerprint density at radius 1 is 1.11 bits per heavy atom. The molecule has 0 radical (unpaired) electrons. The van der Waals surface area contributed by atoms with Crippen LogP contribution in [-0.4, -0.2) is 57.9 Å². The van der Waals surface area contributed by atoms with Crippen molar-refractivity contribution in [3.63, 3.8) is 0 Å². The van der Waals surface area contributed by atoms with E-state index in [0.717, 1.165) is 30.8 Å². The summed E-state index contributed by atoms with van der Waals surface area (Å²) in [7, 11) is -2.00. The maximum Gasteiger partial charge on any atom is 0.240 e. The number of aliphatic hydroxyl groups is 1. The molecular weight excluding hydrogens is 380 g/mol. The summed E-state index contributed by atoms with van der Waals surface area (Å²) < 4.78 is 38.4. The van der Waals surface area contributed by atoms with E-state index in [1.54, 1.807) is 31.4 Å². The second-order valence-corrected chi connectivity index (χ2v) is 8.45. The molecule has 1 aliphatic rings. The Morgan fingerprint density at radius 2 is 1.79 bits per heavy atom. The largest absolute Gasteiger partial charge is 0.497 e. The fourth-order valence-corrected chi connectivity index (χ4v) is 4.49. The Kier molecular flexibility index (Phi) is 6.90. The molecule has 1 heterocycles. The van der Waals surface area contributed by atoms with Gasteiger partial charge in [0.2, 0.25) is 10.0 Å². The normalized spacial score (nSPS) is 17.6. The van der Waals surface area contributed by atoms with Crippen LogP contribution in [0.2, 0.25) is 0 Å². The summed E-state index contributed by atoms with van der Waals surface area (Å²) in [6, 6.07) is 14.0. The number of nitrogens with one attached hydrogen (secondary N) is 1. The van der Waals surface area contributed by atoms with Crippen LogP contribution in [0, 0.1) is 0 Å². The average molecular weight is 407 g/mol. The number of nitrogens with zero attached hydrogens (tertiary/aromatic N) is 1. The number of likely N-dealkylation sites (tertiary alicyclic amines) is 1. The van der Waals surface area contributed by atoms with E-state index in [9.17, 15) is 8.42 Å². The number of aliphatic hydroxyl groups excluding tert-OH is 1. The SMILES string of the molecule is COc1ccc(S(=O)(=O)N[C@H]2CCN(Cc3ccc(OCCO)cc3)C2)cc1. The molecule has 2 N–H and O–H groups in total. The van der Waals surface area contributed by atoms with Crippen LogP contribution in [0.5, 0.6) is 11.5 Å². The Bertz CT molecular complexity index is 853. The zero-order valence-electron chi connectivity index (χ0n) is 15.9. The third-order valence-corrected chi connectivity index (χ3v) is 6.19. The number of sulfonamides is 1.